The average molecular weight is 334 g/mol. The molecular weight excluding hydrogens is 322 g/mol. The number of aromatic nitrogens is 2. The third-order valence-corrected chi connectivity index (χ3v) is 3.59. The van der Waals surface area contributed by atoms with Crippen LogP contribution in [0.5, 0.6) is 0 Å². The Morgan fingerprint density at radius 1 is 1.42 bits per heavy atom. The second-order valence-corrected chi connectivity index (χ2v) is 5.01. The fourth-order valence-electron chi connectivity index (χ4n) is 2.48. The number of pyridine rings is 1. The van der Waals surface area contributed by atoms with E-state index in [1.807, 2.05) is 0 Å². The molecular formula is C16H12F2N2O4. The summed E-state index contributed by atoms with van der Waals surface area (Å²) in [6, 6.07) is 2.33. The van der Waals surface area contributed by atoms with Gasteiger partial charge in [-0.1, -0.05) is 5.16 Å². The maximum absolute atomic E-state index is 13.9. The molecule has 3 rings (SSSR count). The quantitative estimate of drug-likeness (QED) is 0.689. The Bertz CT molecular complexity index is 994. The first-order valence-electron chi connectivity index (χ1n) is 7.07. The van der Waals surface area contributed by atoms with Crippen molar-refractivity contribution in [3.8, 4) is 5.82 Å². The third kappa shape index (κ3) is 2.36. The van der Waals surface area contributed by atoms with Gasteiger partial charge in [0.2, 0.25) is 5.43 Å². The first-order chi connectivity index (χ1) is 11.5. The van der Waals surface area contributed by atoms with E-state index < -0.39 is 23.0 Å². The summed E-state index contributed by atoms with van der Waals surface area (Å²) in [6.07, 6.45) is 2.45. The number of fused-ring (bicyclic) bond motifs is 1. The minimum Gasteiger partial charge on any atom is -0.462 e. The summed E-state index contributed by atoms with van der Waals surface area (Å²) in [5, 5.41) is 3.59. The molecule has 0 spiro atoms. The van der Waals surface area contributed by atoms with Crippen LogP contribution in [-0.2, 0) is 4.74 Å². The van der Waals surface area contributed by atoms with Crippen molar-refractivity contribution in [3.63, 3.8) is 0 Å². The second kappa shape index (κ2) is 5.88. The van der Waals surface area contributed by atoms with Crippen LogP contribution in [0.15, 0.2) is 33.9 Å². The maximum atomic E-state index is 13.9. The van der Waals surface area contributed by atoms with Crippen molar-refractivity contribution in [2.75, 3.05) is 6.61 Å². The summed E-state index contributed by atoms with van der Waals surface area (Å²) < 4.78 is 38.6. The molecule has 124 valence electrons. The highest BCUT2D eigenvalue weighted by Crippen LogP contribution is 2.24. The molecule has 0 radical (unpaired) electrons. The Balaban J connectivity index is 2.47. The molecule has 0 saturated heterocycles. The first-order valence-corrected chi connectivity index (χ1v) is 7.07. The van der Waals surface area contributed by atoms with Gasteiger partial charge < -0.3 is 9.26 Å². The largest absolute Gasteiger partial charge is 0.462 e. The van der Waals surface area contributed by atoms with Gasteiger partial charge in [-0.2, -0.15) is 0 Å². The highest BCUT2D eigenvalue weighted by Gasteiger charge is 2.22. The molecule has 8 heteroatoms. The molecule has 2 heterocycles. The summed E-state index contributed by atoms with van der Waals surface area (Å²) in [4.78, 5) is 24.7. The van der Waals surface area contributed by atoms with Gasteiger partial charge in [-0.05, 0) is 13.8 Å². The van der Waals surface area contributed by atoms with E-state index in [0.29, 0.717) is 0 Å². The molecule has 24 heavy (non-hydrogen) atoms. The van der Waals surface area contributed by atoms with Gasteiger partial charge in [0.05, 0.1) is 17.5 Å². The molecule has 0 aliphatic carbocycles. The standard InChI is InChI=1S/C16H12F2N2O4/c1-3-23-16(22)9-7-20(12-4-5-24-19-12)11-6-10(17)14(18)8(2)13(11)15(9)21/h4-7H,3H2,1-2H3. The number of nitrogens with zero attached hydrogens (tertiary/aromatic N) is 2. The predicted molar refractivity (Wildman–Crippen MR) is 80.2 cm³/mol. The van der Waals surface area contributed by atoms with E-state index in [2.05, 4.69) is 5.16 Å². The topological polar surface area (TPSA) is 74.3 Å². The van der Waals surface area contributed by atoms with Crippen LogP contribution in [0.25, 0.3) is 16.7 Å². The number of carbonyl (C=O) groups excluding carboxylic acids is 1. The smallest absolute Gasteiger partial charge is 0.343 e. The molecule has 0 N–H and O–H groups in total. The molecule has 0 aliphatic heterocycles. The van der Waals surface area contributed by atoms with Gasteiger partial charge in [-0.15, -0.1) is 0 Å². The lowest BCUT2D eigenvalue weighted by atomic mass is 10.1. The van der Waals surface area contributed by atoms with E-state index in [-0.39, 0.29) is 34.5 Å². The number of hydrogen-bond acceptors (Lipinski definition) is 5. The van der Waals surface area contributed by atoms with Crippen molar-refractivity contribution in [1.82, 2.24) is 9.72 Å². The van der Waals surface area contributed by atoms with Gasteiger partial charge in [-0.25, -0.2) is 13.6 Å². The Labute approximate surface area is 134 Å². The fraction of sp³-hybridized carbons (Fsp3) is 0.188. The fourth-order valence-corrected chi connectivity index (χ4v) is 2.48. The van der Waals surface area contributed by atoms with Crippen molar-refractivity contribution in [2.24, 2.45) is 0 Å². The number of hydrogen-bond donors (Lipinski definition) is 0. The molecule has 0 unspecified atom stereocenters. The van der Waals surface area contributed by atoms with E-state index in [1.165, 1.54) is 30.0 Å². The molecule has 0 bridgehead atoms. The third-order valence-electron chi connectivity index (χ3n) is 3.59. The zero-order valence-electron chi connectivity index (χ0n) is 12.8. The van der Waals surface area contributed by atoms with Crippen LogP contribution in [0.1, 0.15) is 22.8 Å². The number of esters is 1. The predicted octanol–water partition coefficient (Wildman–Crippen LogP) is 2.74. The van der Waals surface area contributed by atoms with Crippen molar-refractivity contribution in [1.29, 1.82) is 0 Å². The van der Waals surface area contributed by atoms with Crippen molar-refractivity contribution in [3.05, 3.63) is 57.6 Å². The number of benzene rings is 1. The Morgan fingerprint density at radius 2 is 2.17 bits per heavy atom. The summed E-state index contributed by atoms with van der Waals surface area (Å²) in [5.74, 6) is -2.91. The molecule has 1 aromatic carbocycles. The first kappa shape index (κ1) is 15.9. The normalized spacial score (nSPS) is 11.0. The molecule has 0 atom stereocenters. The van der Waals surface area contributed by atoms with E-state index in [0.717, 1.165) is 6.07 Å². The summed E-state index contributed by atoms with van der Waals surface area (Å²) in [7, 11) is 0. The van der Waals surface area contributed by atoms with Crippen LogP contribution < -0.4 is 5.43 Å². The number of ether oxygens (including phenoxy) is 1. The summed E-state index contributed by atoms with van der Waals surface area (Å²) in [6.45, 7) is 2.93. The minimum atomic E-state index is -1.15. The number of halogens is 2. The molecule has 0 fully saturated rings. The van der Waals surface area contributed by atoms with Gasteiger partial charge in [-0.3, -0.25) is 9.36 Å². The number of carbonyl (C=O) groups is 1. The average Bonchev–Trinajstić information content (AvgIpc) is 3.07. The second-order valence-electron chi connectivity index (χ2n) is 5.01. The van der Waals surface area contributed by atoms with Gasteiger partial charge >= 0.3 is 5.97 Å². The van der Waals surface area contributed by atoms with Crippen LogP contribution in [-0.4, -0.2) is 22.3 Å². The van der Waals surface area contributed by atoms with Crippen LogP contribution in [0.2, 0.25) is 0 Å². The minimum absolute atomic E-state index is 0.0665. The van der Waals surface area contributed by atoms with Crippen molar-refractivity contribution >= 4 is 16.9 Å². The Hall–Kier alpha value is -3.03. The highest BCUT2D eigenvalue weighted by molar-refractivity contribution is 5.95. The van der Waals surface area contributed by atoms with E-state index >= 15 is 0 Å². The van der Waals surface area contributed by atoms with Crippen LogP contribution in [0.4, 0.5) is 8.78 Å². The lowest BCUT2D eigenvalue weighted by Gasteiger charge is -2.13. The van der Waals surface area contributed by atoms with Gasteiger partial charge in [0.25, 0.3) is 0 Å². The molecule has 3 aromatic rings. The van der Waals surface area contributed by atoms with Gasteiger partial charge in [0.1, 0.15) is 11.8 Å². The zero-order valence-corrected chi connectivity index (χ0v) is 12.8. The maximum Gasteiger partial charge on any atom is 0.343 e. The molecule has 0 amide bonds. The number of rotatable bonds is 3. The van der Waals surface area contributed by atoms with E-state index in [4.69, 9.17) is 9.26 Å². The van der Waals surface area contributed by atoms with E-state index in [1.54, 1.807) is 6.92 Å². The molecule has 0 aliphatic rings. The Morgan fingerprint density at radius 3 is 2.79 bits per heavy atom. The number of aryl methyl sites for hydroxylation is 1. The summed E-state index contributed by atoms with van der Waals surface area (Å²) >= 11 is 0. The molecule has 0 saturated carbocycles. The highest BCUT2D eigenvalue weighted by atomic mass is 19.2. The van der Waals surface area contributed by atoms with Crippen LogP contribution in [0.3, 0.4) is 0 Å². The monoisotopic (exact) mass is 334 g/mol. The van der Waals surface area contributed by atoms with Gasteiger partial charge in [0.15, 0.2) is 17.5 Å². The lowest BCUT2D eigenvalue weighted by molar-refractivity contribution is 0.0524. The van der Waals surface area contributed by atoms with E-state index in [9.17, 15) is 18.4 Å². The Kier molecular flexibility index (Phi) is 3.88. The van der Waals surface area contributed by atoms with Gasteiger partial charge in [0, 0.05) is 23.9 Å². The lowest BCUT2D eigenvalue weighted by Crippen LogP contribution is -2.22. The summed E-state index contributed by atoms with van der Waals surface area (Å²) in [5.41, 5.74) is -1.17. The van der Waals surface area contributed by atoms with Crippen LogP contribution in [0, 0.1) is 18.6 Å². The molecule has 6 nitrogen and oxygen atoms in total. The SMILES string of the molecule is CCOC(=O)c1cn(-c2ccon2)c2cc(F)c(F)c(C)c2c1=O. The zero-order chi connectivity index (χ0) is 17.4. The van der Waals surface area contributed by atoms with Crippen molar-refractivity contribution < 1.29 is 22.8 Å². The molecule has 2 aromatic heterocycles. The van der Waals surface area contributed by atoms with Crippen molar-refractivity contribution in [2.45, 2.75) is 13.8 Å². The van der Waals surface area contributed by atoms with Crippen LogP contribution >= 0.6 is 0 Å².